The highest BCUT2D eigenvalue weighted by atomic mass is 16.5. The molecule has 0 spiro atoms. The van der Waals surface area contributed by atoms with Gasteiger partial charge in [-0.1, -0.05) is 39.0 Å². The van der Waals surface area contributed by atoms with Crippen LogP contribution >= 0.6 is 0 Å². The van der Waals surface area contributed by atoms with Crippen LogP contribution in [0.15, 0.2) is 24.3 Å². The average Bonchev–Trinajstić information content (AvgIpc) is 2.29. The van der Waals surface area contributed by atoms with Gasteiger partial charge in [-0.3, -0.25) is 0 Å². The molecule has 0 saturated carbocycles. The first-order valence-electron chi connectivity index (χ1n) is 6.07. The molecule has 0 amide bonds. The molecule has 0 fully saturated rings. The maximum Gasteiger partial charge on any atom is 0.123 e. The second kappa shape index (κ2) is 6.54. The number of benzene rings is 1. The monoisotopic (exact) mass is 221 g/mol. The van der Waals surface area contributed by atoms with Crippen LogP contribution in [0.5, 0.6) is 5.75 Å². The molecule has 0 aliphatic rings. The predicted octanol–water partition coefficient (Wildman–Crippen LogP) is 3.39. The third-order valence-corrected chi connectivity index (χ3v) is 2.75. The number of rotatable bonds is 6. The molecule has 1 unspecified atom stereocenters. The van der Waals surface area contributed by atoms with Gasteiger partial charge in [0.05, 0.1) is 7.11 Å². The summed E-state index contributed by atoms with van der Waals surface area (Å²) < 4.78 is 5.42. The third-order valence-electron chi connectivity index (χ3n) is 2.75. The van der Waals surface area contributed by atoms with Crippen molar-refractivity contribution in [3.8, 4) is 5.75 Å². The van der Waals surface area contributed by atoms with Gasteiger partial charge in [0.25, 0.3) is 0 Å². The Morgan fingerprint density at radius 2 is 1.94 bits per heavy atom. The molecule has 2 nitrogen and oxygen atoms in total. The van der Waals surface area contributed by atoms with Crippen LogP contribution in [-0.2, 0) is 0 Å². The van der Waals surface area contributed by atoms with Gasteiger partial charge in [0.2, 0.25) is 0 Å². The topological polar surface area (TPSA) is 21.3 Å². The first-order valence-corrected chi connectivity index (χ1v) is 6.07. The number of hydrogen-bond donors (Lipinski definition) is 1. The van der Waals surface area contributed by atoms with Gasteiger partial charge < -0.3 is 10.1 Å². The van der Waals surface area contributed by atoms with E-state index >= 15 is 0 Å². The Morgan fingerprint density at radius 3 is 2.50 bits per heavy atom. The van der Waals surface area contributed by atoms with Crippen molar-refractivity contribution in [2.24, 2.45) is 5.92 Å². The molecule has 0 aromatic heterocycles. The van der Waals surface area contributed by atoms with Crippen LogP contribution in [0.2, 0.25) is 0 Å². The van der Waals surface area contributed by atoms with Gasteiger partial charge in [-0.05, 0) is 24.9 Å². The van der Waals surface area contributed by atoms with Crippen molar-refractivity contribution >= 4 is 0 Å². The Hall–Kier alpha value is -1.02. The number of para-hydroxylation sites is 1. The van der Waals surface area contributed by atoms with Gasteiger partial charge in [0, 0.05) is 11.6 Å². The minimum atomic E-state index is 0.371. The maximum atomic E-state index is 5.42. The standard InChI is InChI=1S/C14H23NO/c1-5-10-15-14(11(2)3)12-8-6-7-9-13(12)16-4/h6-9,11,14-15H,5,10H2,1-4H3. The quantitative estimate of drug-likeness (QED) is 0.795. The maximum absolute atomic E-state index is 5.42. The van der Waals surface area contributed by atoms with Crippen molar-refractivity contribution in [2.45, 2.75) is 33.2 Å². The molecule has 0 aliphatic carbocycles. The van der Waals surface area contributed by atoms with Crippen LogP contribution in [0, 0.1) is 5.92 Å². The molecular formula is C14H23NO. The minimum Gasteiger partial charge on any atom is -0.496 e. The summed E-state index contributed by atoms with van der Waals surface area (Å²) >= 11 is 0. The number of ether oxygens (including phenoxy) is 1. The Balaban J connectivity index is 2.91. The van der Waals surface area contributed by atoms with Gasteiger partial charge >= 0.3 is 0 Å². The molecule has 90 valence electrons. The predicted molar refractivity (Wildman–Crippen MR) is 68.9 cm³/mol. The first-order chi connectivity index (χ1) is 7.70. The molecule has 2 heteroatoms. The van der Waals surface area contributed by atoms with E-state index in [1.165, 1.54) is 5.56 Å². The van der Waals surface area contributed by atoms with Gasteiger partial charge in [-0.15, -0.1) is 0 Å². The summed E-state index contributed by atoms with van der Waals surface area (Å²) in [5, 5.41) is 3.58. The normalized spacial score (nSPS) is 12.8. The Bertz CT molecular complexity index is 309. The smallest absolute Gasteiger partial charge is 0.123 e. The van der Waals surface area contributed by atoms with E-state index in [1.54, 1.807) is 7.11 Å². The van der Waals surface area contributed by atoms with Crippen LogP contribution < -0.4 is 10.1 Å². The lowest BCUT2D eigenvalue weighted by Gasteiger charge is -2.24. The molecule has 1 aromatic rings. The molecule has 16 heavy (non-hydrogen) atoms. The van der Waals surface area contributed by atoms with E-state index < -0.39 is 0 Å². The summed E-state index contributed by atoms with van der Waals surface area (Å²) in [6.07, 6.45) is 1.15. The van der Waals surface area contributed by atoms with Crippen molar-refractivity contribution < 1.29 is 4.74 Å². The summed E-state index contributed by atoms with van der Waals surface area (Å²) in [6.45, 7) is 7.70. The molecule has 0 saturated heterocycles. The second-order valence-electron chi connectivity index (χ2n) is 4.42. The highest BCUT2D eigenvalue weighted by Gasteiger charge is 2.18. The Labute approximate surface area is 99.0 Å². The largest absolute Gasteiger partial charge is 0.496 e. The SMILES string of the molecule is CCCNC(c1ccccc1OC)C(C)C. The van der Waals surface area contributed by atoms with Crippen molar-refractivity contribution in [3.63, 3.8) is 0 Å². The van der Waals surface area contributed by atoms with Gasteiger partial charge in [-0.2, -0.15) is 0 Å². The highest BCUT2D eigenvalue weighted by molar-refractivity contribution is 5.36. The van der Waals surface area contributed by atoms with E-state index in [0.29, 0.717) is 12.0 Å². The first kappa shape index (κ1) is 13.0. The molecule has 0 aliphatic heterocycles. The average molecular weight is 221 g/mol. The minimum absolute atomic E-state index is 0.371. The lowest BCUT2D eigenvalue weighted by Crippen LogP contribution is -2.26. The summed E-state index contributed by atoms with van der Waals surface area (Å²) in [6, 6.07) is 8.63. The molecule has 1 N–H and O–H groups in total. The number of nitrogens with one attached hydrogen (secondary N) is 1. The lowest BCUT2D eigenvalue weighted by molar-refractivity contribution is 0.370. The third kappa shape index (κ3) is 3.24. The fraction of sp³-hybridized carbons (Fsp3) is 0.571. The van der Waals surface area contributed by atoms with E-state index in [0.717, 1.165) is 18.7 Å². The fourth-order valence-electron chi connectivity index (χ4n) is 1.93. The van der Waals surface area contributed by atoms with Crippen LogP contribution in [0.4, 0.5) is 0 Å². The van der Waals surface area contributed by atoms with Gasteiger partial charge in [0.1, 0.15) is 5.75 Å². The summed E-state index contributed by atoms with van der Waals surface area (Å²) in [7, 11) is 1.73. The van der Waals surface area contributed by atoms with Crippen molar-refractivity contribution in [1.82, 2.24) is 5.32 Å². The molecule has 0 radical (unpaired) electrons. The Morgan fingerprint density at radius 1 is 1.25 bits per heavy atom. The summed E-state index contributed by atoms with van der Waals surface area (Å²) in [5.41, 5.74) is 1.26. The van der Waals surface area contributed by atoms with Crippen molar-refractivity contribution in [3.05, 3.63) is 29.8 Å². The zero-order valence-electron chi connectivity index (χ0n) is 10.8. The molecule has 1 rings (SSSR count). The van der Waals surface area contributed by atoms with Crippen LogP contribution in [-0.4, -0.2) is 13.7 Å². The summed E-state index contributed by atoms with van der Waals surface area (Å²) in [5.74, 6) is 1.53. The molecule has 1 aromatic carbocycles. The van der Waals surface area contributed by atoms with E-state index in [4.69, 9.17) is 4.74 Å². The van der Waals surface area contributed by atoms with Gasteiger partial charge in [-0.25, -0.2) is 0 Å². The number of hydrogen-bond acceptors (Lipinski definition) is 2. The Kier molecular flexibility index (Phi) is 5.33. The van der Waals surface area contributed by atoms with E-state index in [9.17, 15) is 0 Å². The summed E-state index contributed by atoms with van der Waals surface area (Å²) in [4.78, 5) is 0. The van der Waals surface area contributed by atoms with Gasteiger partial charge in [0.15, 0.2) is 0 Å². The fourth-order valence-corrected chi connectivity index (χ4v) is 1.93. The highest BCUT2D eigenvalue weighted by Crippen LogP contribution is 2.29. The number of methoxy groups -OCH3 is 1. The van der Waals surface area contributed by atoms with Crippen LogP contribution in [0.1, 0.15) is 38.8 Å². The second-order valence-corrected chi connectivity index (χ2v) is 4.42. The zero-order chi connectivity index (χ0) is 12.0. The molecule has 0 bridgehead atoms. The van der Waals surface area contributed by atoms with E-state index in [-0.39, 0.29) is 0 Å². The van der Waals surface area contributed by atoms with Crippen molar-refractivity contribution in [2.75, 3.05) is 13.7 Å². The van der Waals surface area contributed by atoms with E-state index in [2.05, 4.69) is 38.2 Å². The lowest BCUT2D eigenvalue weighted by atomic mass is 9.95. The van der Waals surface area contributed by atoms with E-state index in [1.807, 2.05) is 12.1 Å². The molecule has 1 atom stereocenters. The van der Waals surface area contributed by atoms with Crippen LogP contribution in [0.3, 0.4) is 0 Å². The van der Waals surface area contributed by atoms with Crippen LogP contribution in [0.25, 0.3) is 0 Å². The molecular weight excluding hydrogens is 198 g/mol. The zero-order valence-corrected chi connectivity index (χ0v) is 10.8. The molecule has 0 heterocycles. The van der Waals surface area contributed by atoms with Crippen molar-refractivity contribution in [1.29, 1.82) is 0 Å².